The molecule has 0 radical (unpaired) electrons. The molecule has 4 heteroatoms. The summed E-state index contributed by atoms with van der Waals surface area (Å²) >= 11 is 3.52. The molecule has 84 valence electrons. The minimum absolute atomic E-state index is 0.478. The van der Waals surface area contributed by atoms with Crippen LogP contribution in [0.3, 0.4) is 0 Å². The summed E-state index contributed by atoms with van der Waals surface area (Å²) in [6.07, 6.45) is 4.48. The van der Waals surface area contributed by atoms with Crippen LogP contribution in [0.15, 0.2) is 10.9 Å². The maximum atomic E-state index is 4.37. The zero-order valence-corrected chi connectivity index (χ0v) is 10.9. The molecule has 3 nitrogen and oxygen atoms in total. The number of hydrogen-bond donors (Lipinski definition) is 1. The maximum Gasteiger partial charge on any atom is 0.177 e. The Morgan fingerprint density at radius 3 is 2.73 bits per heavy atom. The standard InChI is InChI=1S/C11H18BrN3/c1-8(2)15-10(7-14-11(15)12)9-3-5-13-6-4-9/h7-9,13H,3-6H2,1-2H3. The van der Waals surface area contributed by atoms with Crippen LogP contribution in [0.25, 0.3) is 0 Å². The van der Waals surface area contributed by atoms with Crippen molar-refractivity contribution in [2.24, 2.45) is 0 Å². The second-order valence-electron chi connectivity index (χ2n) is 4.44. The molecule has 0 bridgehead atoms. The molecule has 0 saturated carbocycles. The minimum Gasteiger partial charge on any atom is -0.320 e. The van der Waals surface area contributed by atoms with E-state index in [2.05, 4.69) is 44.6 Å². The van der Waals surface area contributed by atoms with Crippen molar-refractivity contribution in [3.05, 3.63) is 16.6 Å². The van der Waals surface area contributed by atoms with Gasteiger partial charge in [0.25, 0.3) is 0 Å². The molecular weight excluding hydrogens is 254 g/mol. The normalized spacial score (nSPS) is 18.7. The lowest BCUT2D eigenvalue weighted by Crippen LogP contribution is -2.28. The first-order chi connectivity index (χ1) is 7.20. The summed E-state index contributed by atoms with van der Waals surface area (Å²) in [6.45, 7) is 6.67. The van der Waals surface area contributed by atoms with Gasteiger partial charge in [0.2, 0.25) is 0 Å². The fourth-order valence-corrected chi connectivity index (χ4v) is 3.00. The molecule has 1 fully saturated rings. The van der Waals surface area contributed by atoms with Crippen LogP contribution >= 0.6 is 15.9 Å². The van der Waals surface area contributed by atoms with Crippen molar-refractivity contribution in [1.82, 2.24) is 14.9 Å². The van der Waals surface area contributed by atoms with Gasteiger partial charge in [-0.2, -0.15) is 0 Å². The molecule has 1 aliphatic rings. The van der Waals surface area contributed by atoms with Crippen LogP contribution in [0.5, 0.6) is 0 Å². The maximum absolute atomic E-state index is 4.37. The fraction of sp³-hybridized carbons (Fsp3) is 0.727. The first-order valence-electron chi connectivity index (χ1n) is 5.63. The van der Waals surface area contributed by atoms with Crippen LogP contribution < -0.4 is 5.32 Å². The van der Waals surface area contributed by atoms with E-state index >= 15 is 0 Å². The highest BCUT2D eigenvalue weighted by atomic mass is 79.9. The van der Waals surface area contributed by atoms with Crippen LogP contribution in [0, 0.1) is 0 Å². The van der Waals surface area contributed by atoms with Gasteiger partial charge < -0.3 is 9.88 Å². The summed E-state index contributed by atoms with van der Waals surface area (Å²) in [7, 11) is 0. The molecule has 2 rings (SSSR count). The van der Waals surface area contributed by atoms with E-state index in [1.165, 1.54) is 18.5 Å². The Labute approximate surface area is 99.4 Å². The second kappa shape index (κ2) is 4.66. The molecule has 1 aromatic heterocycles. The molecule has 1 saturated heterocycles. The average Bonchev–Trinajstić information content (AvgIpc) is 2.61. The Morgan fingerprint density at radius 2 is 2.13 bits per heavy atom. The monoisotopic (exact) mass is 271 g/mol. The van der Waals surface area contributed by atoms with Crippen molar-refractivity contribution in [2.75, 3.05) is 13.1 Å². The van der Waals surface area contributed by atoms with Gasteiger partial charge in [-0.1, -0.05) is 0 Å². The number of rotatable bonds is 2. The number of imidazole rings is 1. The Bertz CT molecular complexity index is 327. The zero-order valence-electron chi connectivity index (χ0n) is 9.33. The topological polar surface area (TPSA) is 29.9 Å². The van der Waals surface area contributed by atoms with Gasteiger partial charge in [0.05, 0.1) is 0 Å². The summed E-state index contributed by atoms with van der Waals surface area (Å²) in [5.41, 5.74) is 1.39. The van der Waals surface area contributed by atoms with E-state index in [0.29, 0.717) is 12.0 Å². The summed E-state index contributed by atoms with van der Waals surface area (Å²) in [4.78, 5) is 4.37. The minimum atomic E-state index is 0.478. The van der Waals surface area contributed by atoms with Gasteiger partial charge in [-0.25, -0.2) is 4.98 Å². The molecule has 0 amide bonds. The van der Waals surface area contributed by atoms with E-state index in [0.717, 1.165) is 17.8 Å². The van der Waals surface area contributed by atoms with Gasteiger partial charge in [0.15, 0.2) is 4.73 Å². The molecule has 0 spiro atoms. The van der Waals surface area contributed by atoms with Crippen molar-refractivity contribution in [2.45, 2.75) is 38.6 Å². The molecule has 1 aliphatic heterocycles. The van der Waals surface area contributed by atoms with Gasteiger partial charge in [0, 0.05) is 23.9 Å². The second-order valence-corrected chi connectivity index (χ2v) is 5.15. The first-order valence-corrected chi connectivity index (χ1v) is 6.42. The van der Waals surface area contributed by atoms with E-state index in [1.807, 2.05) is 6.20 Å². The first kappa shape index (κ1) is 11.1. The molecule has 0 unspecified atom stereocenters. The lowest BCUT2D eigenvalue weighted by molar-refractivity contribution is 0.427. The van der Waals surface area contributed by atoms with Crippen LogP contribution in [-0.2, 0) is 0 Å². The Balaban J connectivity index is 2.26. The lowest BCUT2D eigenvalue weighted by atomic mass is 9.95. The molecule has 2 heterocycles. The summed E-state index contributed by atoms with van der Waals surface area (Å²) in [5.74, 6) is 0.674. The molecule has 0 aromatic carbocycles. The van der Waals surface area contributed by atoms with Crippen molar-refractivity contribution in [3.63, 3.8) is 0 Å². The van der Waals surface area contributed by atoms with Gasteiger partial charge in [-0.3, -0.25) is 0 Å². The van der Waals surface area contributed by atoms with Crippen LogP contribution in [0.2, 0.25) is 0 Å². The van der Waals surface area contributed by atoms with Gasteiger partial charge >= 0.3 is 0 Å². The third-order valence-electron chi connectivity index (χ3n) is 3.05. The highest BCUT2D eigenvalue weighted by Crippen LogP contribution is 2.29. The molecule has 15 heavy (non-hydrogen) atoms. The Kier molecular flexibility index (Phi) is 3.46. The van der Waals surface area contributed by atoms with Gasteiger partial charge in [0.1, 0.15) is 0 Å². The zero-order chi connectivity index (χ0) is 10.8. The van der Waals surface area contributed by atoms with E-state index in [4.69, 9.17) is 0 Å². The number of halogens is 1. The molecule has 1 N–H and O–H groups in total. The van der Waals surface area contributed by atoms with Crippen molar-refractivity contribution in [1.29, 1.82) is 0 Å². The van der Waals surface area contributed by atoms with E-state index in [1.54, 1.807) is 0 Å². The van der Waals surface area contributed by atoms with Crippen molar-refractivity contribution >= 4 is 15.9 Å². The summed E-state index contributed by atoms with van der Waals surface area (Å²) in [6, 6.07) is 0.478. The highest BCUT2D eigenvalue weighted by Gasteiger charge is 2.21. The average molecular weight is 272 g/mol. The van der Waals surface area contributed by atoms with Crippen LogP contribution in [0.1, 0.15) is 44.3 Å². The van der Waals surface area contributed by atoms with E-state index in [-0.39, 0.29) is 0 Å². The summed E-state index contributed by atoms with van der Waals surface area (Å²) < 4.78 is 3.27. The number of nitrogens with zero attached hydrogens (tertiary/aromatic N) is 2. The van der Waals surface area contributed by atoms with Crippen molar-refractivity contribution in [3.8, 4) is 0 Å². The summed E-state index contributed by atoms with van der Waals surface area (Å²) in [5, 5.41) is 3.40. The predicted octanol–water partition coefficient (Wildman–Crippen LogP) is 2.69. The Morgan fingerprint density at radius 1 is 1.47 bits per heavy atom. The van der Waals surface area contributed by atoms with E-state index in [9.17, 15) is 0 Å². The van der Waals surface area contributed by atoms with Gasteiger partial charge in [-0.15, -0.1) is 0 Å². The van der Waals surface area contributed by atoms with E-state index < -0.39 is 0 Å². The van der Waals surface area contributed by atoms with Gasteiger partial charge in [-0.05, 0) is 55.7 Å². The van der Waals surface area contributed by atoms with Crippen LogP contribution in [0.4, 0.5) is 0 Å². The van der Waals surface area contributed by atoms with Crippen LogP contribution in [-0.4, -0.2) is 22.6 Å². The molecule has 1 aromatic rings. The highest BCUT2D eigenvalue weighted by molar-refractivity contribution is 9.10. The lowest BCUT2D eigenvalue weighted by Gasteiger charge is -2.25. The number of hydrogen-bond acceptors (Lipinski definition) is 2. The van der Waals surface area contributed by atoms with Crippen molar-refractivity contribution < 1.29 is 0 Å². The quantitative estimate of drug-likeness (QED) is 0.897. The molecular formula is C11H18BrN3. The number of nitrogens with one attached hydrogen (secondary N) is 1. The largest absolute Gasteiger partial charge is 0.320 e. The molecule has 0 atom stereocenters. The Hall–Kier alpha value is -0.350. The molecule has 0 aliphatic carbocycles. The predicted molar refractivity (Wildman–Crippen MR) is 65.2 cm³/mol. The number of aromatic nitrogens is 2. The SMILES string of the molecule is CC(C)n1c(C2CCNCC2)cnc1Br. The third-order valence-corrected chi connectivity index (χ3v) is 3.64. The smallest absolute Gasteiger partial charge is 0.177 e. The fourth-order valence-electron chi connectivity index (χ4n) is 2.28. The number of piperidine rings is 1. The third kappa shape index (κ3) is 2.26.